The van der Waals surface area contributed by atoms with Crippen molar-refractivity contribution in [1.29, 1.82) is 0 Å². The van der Waals surface area contributed by atoms with Gasteiger partial charge in [-0.1, -0.05) is 32.9 Å². The second-order valence-corrected chi connectivity index (χ2v) is 4.00. The monoisotopic (exact) mass is 190 g/mol. The van der Waals surface area contributed by atoms with E-state index in [9.17, 15) is 4.79 Å². The van der Waals surface area contributed by atoms with Crippen molar-refractivity contribution in [3.63, 3.8) is 0 Å². The highest BCUT2D eigenvalue weighted by molar-refractivity contribution is 5.96. The van der Waals surface area contributed by atoms with Crippen LogP contribution in [0.1, 0.15) is 54.6 Å². The first kappa shape index (κ1) is 11.0. The number of ketones is 1. The maximum atomic E-state index is 11.5. The predicted octanol–water partition coefficient (Wildman–Crippen LogP) is 3.71. The van der Waals surface area contributed by atoms with Gasteiger partial charge in [-0.05, 0) is 30.0 Å². The molecule has 0 atom stereocenters. The fourth-order valence-corrected chi connectivity index (χ4v) is 1.64. The Morgan fingerprint density at radius 1 is 1.36 bits per heavy atom. The number of carbonyl (C=O) groups excluding carboxylic acids is 1. The van der Waals surface area contributed by atoms with E-state index in [1.165, 1.54) is 11.1 Å². The summed E-state index contributed by atoms with van der Waals surface area (Å²) >= 11 is 0. The molecule has 0 heterocycles. The van der Waals surface area contributed by atoms with Crippen LogP contribution in [0.25, 0.3) is 0 Å². The number of hydrogen-bond donors (Lipinski definition) is 0. The molecule has 0 unspecified atom stereocenters. The van der Waals surface area contributed by atoms with Gasteiger partial charge in [0.1, 0.15) is 0 Å². The van der Waals surface area contributed by atoms with E-state index < -0.39 is 0 Å². The zero-order valence-corrected chi connectivity index (χ0v) is 9.42. The van der Waals surface area contributed by atoms with Crippen LogP contribution in [0, 0.1) is 6.92 Å². The Morgan fingerprint density at radius 3 is 2.50 bits per heavy atom. The Bertz CT molecular complexity index is 337. The molecule has 1 rings (SSSR count). The molecular formula is C13H18O. The summed E-state index contributed by atoms with van der Waals surface area (Å²) in [7, 11) is 0. The van der Waals surface area contributed by atoms with Crippen molar-refractivity contribution in [2.75, 3.05) is 0 Å². The van der Waals surface area contributed by atoms with Crippen LogP contribution in [0.15, 0.2) is 18.2 Å². The van der Waals surface area contributed by atoms with Crippen molar-refractivity contribution in [3.05, 3.63) is 34.9 Å². The normalized spacial score (nSPS) is 10.6. The zero-order chi connectivity index (χ0) is 10.7. The minimum absolute atomic E-state index is 0.229. The SMILES string of the molecule is CCC(=O)c1ccc(C)c(C(C)C)c1. The Labute approximate surface area is 86.1 Å². The van der Waals surface area contributed by atoms with Gasteiger partial charge in [0, 0.05) is 12.0 Å². The van der Waals surface area contributed by atoms with Crippen molar-refractivity contribution in [1.82, 2.24) is 0 Å². The maximum absolute atomic E-state index is 11.5. The molecule has 0 aliphatic rings. The fraction of sp³-hybridized carbons (Fsp3) is 0.462. The fourth-order valence-electron chi connectivity index (χ4n) is 1.64. The second-order valence-electron chi connectivity index (χ2n) is 4.00. The molecule has 0 radical (unpaired) electrons. The molecule has 14 heavy (non-hydrogen) atoms. The Kier molecular flexibility index (Phi) is 3.45. The summed E-state index contributed by atoms with van der Waals surface area (Å²) in [4.78, 5) is 11.5. The summed E-state index contributed by atoms with van der Waals surface area (Å²) < 4.78 is 0. The average Bonchev–Trinajstić information content (AvgIpc) is 2.17. The van der Waals surface area contributed by atoms with Gasteiger partial charge in [0.25, 0.3) is 0 Å². The van der Waals surface area contributed by atoms with Crippen molar-refractivity contribution in [3.8, 4) is 0 Å². The van der Waals surface area contributed by atoms with Gasteiger partial charge in [-0.25, -0.2) is 0 Å². The van der Waals surface area contributed by atoms with E-state index in [1.54, 1.807) is 0 Å². The van der Waals surface area contributed by atoms with Crippen LogP contribution in [0.2, 0.25) is 0 Å². The van der Waals surface area contributed by atoms with Crippen molar-refractivity contribution < 1.29 is 4.79 Å². The highest BCUT2D eigenvalue weighted by Crippen LogP contribution is 2.20. The smallest absolute Gasteiger partial charge is 0.162 e. The van der Waals surface area contributed by atoms with Crippen LogP contribution < -0.4 is 0 Å². The average molecular weight is 190 g/mol. The molecule has 0 aliphatic heterocycles. The number of rotatable bonds is 3. The third-order valence-electron chi connectivity index (χ3n) is 2.54. The highest BCUT2D eigenvalue weighted by Gasteiger charge is 2.08. The van der Waals surface area contributed by atoms with E-state index in [1.807, 2.05) is 25.1 Å². The minimum Gasteiger partial charge on any atom is -0.294 e. The van der Waals surface area contributed by atoms with Gasteiger partial charge < -0.3 is 0 Å². The lowest BCUT2D eigenvalue weighted by molar-refractivity contribution is 0.0988. The van der Waals surface area contributed by atoms with Crippen molar-refractivity contribution in [2.24, 2.45) is 0 Å². The summed E-state index contributed by atoms with van der Waals surface area (Å²) in [6.45, 7) is 8.30. The Morgan fingerprint density at radius 2 is 2.00 bits per heavy atom. The predicted molar refractivity (Wildman–Crippen MR) is 59.9 cm³/mol. The van der Waals surface area contributed by atoms with Crippen LogP contribution in [-0.2, 0) is 0 Å². The standard InChI is InChI=1S/C13H18O/c1-5-13(14)11-7-6-10(4)12(8-11)9(2)3/h6-9H,5H2,1-4H3. The molecule has 0 aliphatic carbocycles. The number of aryl methyl sites for hydroxylation is 1. The van der Waals surface area contributed by atoms with E-state index in [4.69, 9.17) is 0 Å². The Balaban J connectivity index is 3.13. The van der Waals surface area contributed by atoms with E-state index in [0.717, 1.165) is 5.56 Å². The van der Waals surface area contributed by atoms with Crippen LogP contribution in [0.5, 0.6) is 0 Å². The summed E-state index contributed by atoms with van der Waals surface area (Å²) in [5.41, 5.74) is 3.40. The van der Waals surface area contributed by atoms with Gasteiger partial charge in [0.15, 0.2) is 5.78 Å². The molecule has 1 heteroatoms. The van der Waals surface area contributed by atoms with Crippen LogP contribution in [0.3, 0.4) is 0 Å². The molecule has 0 fully saturated rings. The van der Waals surface area contributed by atoms with E-state index >= 15 is 0 Å². The van der Waals surface area contributed by atoms with E-state index in [-0.39, 0.29) is 5.78 Å². The van der Waals surface area contributed by atoms with Gasteiger partial charge in [-0.2, -0.15) is 0 Å². The lowest BCUT2D eigenvalue weighted by Crippen LogP contribution is -2.00. The van der Waals surface area contributed by atoms with Gasteiger partial charge >= 0.3 is 0 Å². The van der Waals surface area contributed by atoms with Gasteiger partial charge in [-0.3, -0.25) is 4.79 Å². The molecule has 0 saturated heterocycles. The number of Topliss-reactive ketones (excluding diaryl/α,β-unsaturated/α-hetero) is 1. The largest absolute Gasteiger partial charge is 0.294 e. The first-order valence-corrected chi connectivity index (χ1v) is 5.20. The molecule has 0 saturated carbocycles. The summed E-state index contributed by atoms with van der Waals surface area (Å²) in [5, 5.41) is 0. The molecule has 1 aromatic carbocycles. The molecule has 1 aromatic rings. The number of carbonyl (C=O) groups is 1. The highest BCUT2D eigenvalue weighted by atomic mass is 16.1. The molecule has 1 nitrogen and oxygen atoms in total. The second kappa shape index (κ2) is 4.41. The quantitative estimate of drug-likeness (QED) is 0.664. The molecule has 0 aromatic heterocycles. The summed E-state index contributed by atoms with van der Waals surface area (Å²) in [5.74, 6) is 0.714. The lowest BCUT2D eigenvalue weighted by Gasteiger charge is -2.10. The summed E-state index contributed by atoms with van der Waals surface area (Å²) in [6, 6.07) is 6.00. The Hall–Kier alpha value is -1.11. The lowest BCUT2D eigenvalue weighted by atomic mass is 9.94. The zero-order valence-electron chi connectivity index (χ0n) is 9.42. The number of benzene rings is 1. The summed E-state index contributed by atoms with van der Waals surface area (Å²) in [6.07, 6.45) is 0.584. The molecule has 0 amide bonds. The first-order chi connectivity index (χ1) is 6.56. The third kappa shape index (κ3) is 2.22. The van der Waals surface area contributed by atoms with E-state index in [2.05, 4.69) is 20.8 Å². The van der Waals surface area contributed by atoms with Crippen LogP contribution in [0.4, 0.5) is 0 Å². The molecule has 0 spiro atoms. The van der Waals surface area contributed by atoms with E-state index in [0.29, 0.717) is 12.3 Å². The first-order valence-electron chi connectivity index (χ1n) is 5.20. The van der Waals surface area contributed by atoms with Gasteiger partial charge in [0.05, 0.1) is 0 Å². The van der Waals surface area contributed by atoms with Crippen molar-refractivity contribution >= 4 is 5.78 Å². The molecule has 76 valence electrons. The van der Waals surface area contributed by atoms with Crippen LogP contribution >= 0.6 is 0 Å². The van der Waals surface area contributed by atoms with Gasteiger partial charge in [-0.15, -0.1) is 0 Å². The molecular weight excluding hydrogens is 172 g/mol. The molecule has 0 N–H and O–H groups in total. The van der Waals surface area contributed by atoms with Crippen LogP contribution in [-0.4, -0.2) is 5.78 Å². The maximum Gasteiger partial charge on any atom is 0.162 e. The number of hydrogen-bond acceptors (Lipinski definition) is 1. The minimum atomic E-state index is 0.229. The third-order valence-corrected chi connectivity index (χ3v) is 2.54. The van der Waals surface area contributed by atoms with Crippen molar-refractivity contribution in [2.45, 2.75) is 40.0 Å². The topological polar surface area (TPSA) is 17.1 Å². The van der Waals surface area contributed by atoms with Gasteiger partial charge in [0.2, 0.25) is 0 Å². The molecule has 0 bridgehead atoms.